The molecule has 0 heterocycles. The normalized spacial score (nSPS) is 7.71. The first kappa shape index (κ1) is 10.5. The van der Waals surface area contributed by atoms with Crippen LogP contribution >= 0.6 is 0 Å². The van der Waals surface area contributed by atoms with Crippen molar-refractivity contribution in [3.05, 3.63) is 5.73 Å². The van der Waals surface area contributed by atoms with Gasteiger partial charge < -0.3 is 5.73 Å². The van der Waals surface area contributed by atoms with E-state index in [0.717, 1.165) is 6.42 Å². The molecule has 1 nitrogen and oxygen atoms in total. The molecular weight excluding hydrogens is 81.0 g/mol. The van der Waals surface area contributed by atoms with E-state index in [4.69, 9.17) is 5.73 Å². The number of hydrogen-bond donors (Lipinski definition) is 0. The Hall–Kier alpha value is 0.557. The molecule has 0 aromatic heterocycles. The summed E-state index contributed by atoms with van der Waals surface area (Å²) >= 11 is 0. The summed E-state index contributed by atoms with van der Waals surface area (Å²) in [5.74, 6) is 0. The Morgan fingerprint density at radius 3 is 2.00 bits per heavy atom. The molecule has 0 aliphatic heterocycles. The van der Waals surface area contributed by atoms with E-state index in [1.807, 2.05) is 0 Å². The average molecular weight is 93.1 g/mol. The Kier molecular flexibility index (Phi) is 14.7. The number of nitrogens with one attached hydrogen (secondary N) is 1. The number of rotatable bonds is 3. The van der Waals surface area contributed by atoms with Gasteiger partial charge in [0.25, 0.3) is 0 Å². The molecule has 0 bridgehead atoms. The van der Waals surface area contributed by atoms with Gasteiger partial charge in [-0.25, -0.2) is 0 Å². The quantitative estimate of drug-likeness (QED) is 0.323. The molecule has 0 spiro atoms. The summed E-state index contributed by atoms with van der Waals surface area (Å²) in [7, 11) is 0. The van der Waals surface area contributed by atoms with Gasteiger partial charge in [0.15, 0.2) is 0 Å². The first-order chi connectivity index (χ1) is 2.91. The van der Waals surface area contributed by atoms with E-state index in [1.165, 1.54) is 12.8 Å². The van der Waals surface area contributed by atoms with E-state index in [-0.39, 0.29) is 18.9 Å². The molecule has 7 heavy (non-hydrogen) atoms. The van der Waals surface area contributed by atoms with Gasteiger partial charge in [0, 0.05) is 0 Å². The maximum Gasteiger partial charge on any atom is 1.00 e. The first-order valence-corrected chi connectivity index (χ1v) is 2.56. The molecule has 0 atom stereocenters. The van der Waals surface area contributed by atoms with Crippen LogP contribution in [0.4, 0.5) is 0 Å². The van der Waals surface area contributed by atoms with Crippen LogP contribution in [-0.2, 0) is 0 Å². The molecule has 0 unspecified atom stereocenters. The van der Waals surface area contributed by atoms with Crippen molar-refractivity contribution in [2.75, 3.05) is 6.54 Å². The molecule has 1 N–H and O–H groups in total. The zero-order chi connectivity index (χ0) is 4.83. The van der Waals surface area contributed by atoms with Gasteiger partial charge in [0.1, 0.15) is 0 Å². The summed E-state index contributed by atoms with van der Waals surface area (Å²) in [6.07, 6.45) is 3.54. The zero-order valence-corrected chi connectivity index (χ0v) is 5.33. The van der Waals surface area contributed by atoms with Crippen molar-refractivity contribution in [1.82, 2.24) is 0 Å². The summed E-state index contributed by atoms with van der Waals surface area (Å²) in [5.41, 5.74) is 6.71. The third-order valence-electron chi connectivity index (χ3n) is 0.780. The van der Waals surface area contributed by atoms with Crippen molar-refractivity contribution in [3.8, 4) is 0 Å². The monoisotopic (exact) mass is 93.1 g/mol. The van der Waals surface area contributed by atoms with Crippen LogP contribution in [0.1, 0.15) is 26.2 Å². The van der Waals surface area contributed by atoms with Crippen molar-refractivity contribution in [1.29, 1.82) is 0 Å². The first-order valence-electron chi connectivity index (χ1n) is 2.56. The molecule has 0 aromatic rings. The minimum Gasteiger partial charge on any atom is -0.677 e. The Bertz CT molecular complexity index is 20.0. The van der Waals surface area contributed by atoms with Crippen molar-refractivity contribution < 1.29 is 18.9 Å². The van der Waals surface area contributed by atoms with E-state index in [0.29, 0.717) is 6.54 Å². The third kappa shape index (κ3) is 10.8. The second kappa shape index (κ2) is 9.75. The molecular formula is C5H12LiN. The zero-order valence-electron chi connectivity index (χ0n) is 5.33. The summed E-state index contributed by atoms with van der Waals surface area (Å²) in [6, 6.07) is 0. The third-order valence-corrected chi connectivity index (χ3v) is 0.780. The summed E-state index contributed by atoms with van der Waals surface area (Å²) in [6.45, 7) is 2.75. The minimum atomic E-state index is 0. The van der Waals surface area contributed by atoms with Crippen molar-refractivity contribution in [2.24, 2.45) is 0 Å². The van der Waals surface area contributed by atoms with Gasteiger partial charge in [-0.05, 0) is 0 Å². The van der Waals surface area contributed by atoms with E-state index in [1.54, 1.807) is 0 Å². The van der Waals surface area contributed by atoms with Crippen LogP contribution in [0.15, 0.2) is 0 Å². The molecule has 2 heteroatoms. The Morgan fingerprint density at radius 2 is 1.86 bits per heavy atom. The standard InChI is InChI=1S/C5H12N.Li/c1-2-3-4-5-6;/h6H,2-5H2,1H3;/q-1;+1. The Balaban J connectivity index is 0. The van der Waals surface area contributed by atoms with Crippen LogP contribution in [0.3, 0.4) is 0 Å². The fraction of sp³-hybridized carbons (Fsp3) is 1.00. The van der Waals surface area contributed by atoms with Crippen LogP contribution in [0.25, 0.3) is 5.73 Å². The molecule has 0 aliphatic carbocycles. The van der Waals surface area contributed by atoms with Gasteiger partial charge in [0.2, 0.25) is 0 Å². The van der Waals surface area contributed by atoms with E-state index >= 15 is 0 Å². The predicted molar refractivity (Wildman–Crippen MR) is 28.7 cm³/mol. The molecule has 0 fully saturated rings. The minimum absolute atomic E-state index is 0. The maximum absolute atomic E-state index is 6.71. The molecule has 0 rings (SSSR count). The summed E-state index contributed by atoms with van der Waals surface area (Å²) in [5, 5.41) is 0. The average Bonchev–Trinajstić information content (AvgIpc) is 1.61. The largest absolute Gasteiger partial charge is 1.00 e. The van der Waals surface area contributed by atoms with Crippen molar-refractivity contribution in [2.45, 2.75) is 26.2 Å². The molecule has 0 radical (unpaired) electrons. The van der Waals surface area contributed by atoms with E-state index in [9.17, 15) is 0 Å². The topological polar surface area (TPSA) is 23.8 Å². The van der Waals surface area contributed by atoms with Crippen LogP contribution in [-0.4, -0.2) is 6.54 Å². The second-order valence-corrected chi connectivity index (χ2v) is 1.46. The molecule has 0 saturated carbocycles. The van der Waals surface area contributed by atoms with Crippen LogP contribution in [0, 0.1) is 0 Å². The number of hydrogen-bond acceptors (Lipinski definition) is 0. The van der Waals surface area contributed by atoms with Crippen LogP contribution in [0.5, 0.6) is 0 Å². The van der Waals surface area contributed by atoms with E-state index in [2.05, 4.69) is 6.92 Å². The molecule has 0 amide bonds. The van der Waals surface area contributed by atoms with Gasteiger partial charge in [-0.2, -0.15) is 6.54 Å². The predicted octanol–water partition coefficient (Wildman–Crippen LogP) is -0.767. The summed E-state index contributed by atoms with van der Waals surface area (Å²) < 4.78 is 0. The molecule has 0 saturated heterocycles. The summed E-state index contributed by atoms with van der Waals surface area (Å²) in [4.78, 5) is 0. The maximum atomic E-state index is 6.71. The fourth-order valence-electron chi connectivity index (χ4n) is 0.375. The van der Waals surface area contributed by atoms with Gasteiger partial charge in [-0.15, -0.1) is 0 Å². The fourth-order valence-corrected chi connectivity index (χ4v) is 0.375. The van der Waals surface area contributed by atoms with Gasteiger partial charge in [-0.3, -0.25) is 0 Å². The van der Waals surface area contributed by atoms with Gasteiger partial charge in [-0.1, -0.05) is 26.2 Å². The van der Waals surface area contributed by atoms with Crippen LogP contribution < -0.4 is 18.9 Å². The molecule has 0 aromatic carbocycles. The van der Waals surface area contributed by atoms with Gasteiger partial charge in [0.05, 0.1) is 0 Å². The van der Waals surface area contributed by atoms with E-state index < -0.39 is 0 Å². The Morgan fingerprint density at radius 1 is 1.29 bits per heavy atom. The second-order valence-electron chi connectivity index (χ2n) is 1.46. The van der Waals surface area contributed by atoms with Crippen molar-refractivity contribution in [3.63, 3.8) is 0 Å². The smallest absolute Gasteiger partial charge is 0.677 e. The van der Waals surface area contributed by atoms with Crippen LogP contribution in [0.2, 0.25) is 0 Å². The Labute approximate surface area is 57.8 Å². The molecule has 0 aliphatic rings. The molecule has 38 valence electrons. The number of unbranched alkanes of at least 4 members (excludes halogenated alkanes) is 2. The SMILES string of the molecule is CCCCC[NH-].[Li+]. The van der Waals surface area contributed by atoms with Crippen molar-refractivity contribution >= 4 is 0 Å². The van der Waals surface area contributed by atoms with Gasteiger partial charge >= 0.3 is 18.9 Å².